The maximum absolute atomic E-state index is 14.1. The second kappa shape index (κ2) is 6.31. The standard InChI is InChI=1S/C16H18BrFN4O/c1-21-8-11(7-20-21)4-10-2-3-22(9-10)14-6-12(17)5-13(18)15(14)16(19)23/h5-8,10H,2-4,9H2,1H3,(H2,19,23). The van der Waals surface area contributed by atoms with E-state index in [4.69, 9.17) is 5.73 Å². The summed E-state index contributed by atoms with van der Waals surface area (Å²) in [6.45, 7) is 1.55. The van der Waals surface area contributed by atoms with Crippen molar-refractivity contribution in [2.45, 2.75) is 12.8 Å². The molecule has 1 unspecified atom stereocenters. The van der Waals surface area contributed by atoms with Crippen LogP contribution in [0.3, 0.4) is 0 Å². The fourth-order valence-corrected chi connectivity index (χ4v) is 3.60. The molecule has 1 saturated heterocycles. The molecule has 7 heteroatoms. The van der Waals surface area contributed by atoms with Crippen LogP contribution in [0.2, 0.25) is 0 Å². The van der Waals surface area contributed by atoms with E-state index in [1.54, 1.807) is 10.7 Å². The Morgan fingerprint density at radius 3 is 2.96 bits per heavy atom. The second-order valence-corrected chi connectivity index (χ2v) is 6.89. The van der Waals surface area contributed by atoms with Crippen LogP contribution in [-0.2, 0) is 13.5 Å². The topological polar surface area (TPSA) is 64.2 Å². The molecule has 0 radical (unpaired) electrons. The molecular formula is C16H18BrFN4O. The van der Waals surface area contributed by atoms with Gasteiger partial charge in [0.2, 0.25) is 0 Å². The zero-order chi connectivity index (χ0) is 16.6. The number of carbonyl (C=O) groups is 1. The van der Waals surface area contributed by atoms with Gasteiger partial charge in [-0.3, -0.25) is 9.48 Å². The summed E-state index contributed by atoms with van der Waals surface area (Å²) >= 11 is 3.29. The Morgan fingerprint density at radius 1 is 1.52 bits per heavy atom. The fraction of sp³-hybridized carbons (Fsp3) is 0.375. The third-order valence-corrected chi connectivity index (χ3v) is 4.65. The molecule has 0 aliphatic carbocycles. The van der Waals surface area contributed by atoms with Gasteiger partial charge in [-0.05, 0) is 36.5 Å². The van der Waals surface area contributed by atoms with Crippen LogP contribution in [0, 0.1) is 11.7 Å². The zero-order valence-electron chi connectivity index (χ0n) is 12.8. The lowest BCUT2D eigenvalue weighted by Crippen LogP contribution is -2.25. The number of amides is 1. The molecule has 23 heavy (non-hydrogen) atoms. The molecule has 1 amide bonds. The van der Waals surface area contributed by atoms with E-state index in [2.05, 4.69) is 21.0 Å². The number of aromatic nitrogens is 2. The van der Waals surface area contributed by atoms with Gasteiger partial charge >= 0.3 is 0 Å². The number of aryl methyl sites for hydroxylation is 1. The van der Waals surface area contributed by atoms with Crippen molar-refractivity contribution in [1.29, 1.82) is 0 Å². The molecule has 2 N–H and O–H groups in total. The monoisotopic (exact) mass is 380 g/mol. The summed E-state index contributed by atoms with van der Waals surface area (Å²) in [5.74, 6) is -0.875. The predicted octanol–water partition coefficient (Wildman–Crippen LogP) is 2.49. The summed E-state index contributed by atoms with van der Waals surface area (Å²) in [7, 11) is 1.90. The molecule has 122 valence electrons. The average molecular weight is 381 g/mol. The highest BCUT2D eigenvalue weighted by Gasteiger charge is 2.27. The highest BCUT2D eigenvalue weighted by Crippen LogP contribution is 2.32. The first-order valence-corrected chi connectivity index (χ1v) is 8.24. The number of primary amides is 1. The van der Waals surface area contributed by atoms with Crippen LogP contribution in [-0.4, -0.2) is 28.8 Å². The van der Waals surface area contributed by atoms with E-state index in [-0.39, 0.29) is 5.56 Å². The van der Waals surface area contributed by atoms with Crippen LogP contribution in [0.1, 0.15) is 22.3 Å². The van der Waals surface area contributed by atoms with E-state index < -0.39 is 11.7 Å². The normalized spacial score (nSPS) is 17.7. The Kier molecular flexibility index (Phi) is 4.39. The van der Waals surface area contributed by atoms with Crippen molar-refractivity contribution in [3.05, 3.63) is 45.9 Å². The number of hydrogen-bond acceptors (Lipinski definition) is 3. The Bertz CT molecular complexity index is 746. The van der Waals surface area contributed by atoms with Crippen molar-refractivity contribution in [3.63, 3.8) is 0 Å². The molecule has 1 atom stereocenters. The van der Waals surface area contributed by atoms with E-state index >= 15 is 0 Å². The molecule has 5 nitrogen and oxygen atoms in total. The summed E-state index contributed by atoms with van der Waals surface area (Å²) < 4.78 is 16.5. The first-order valence-electron chi connectivity index (χ1n) is 7.45. The molecule has 1 fully saturated rings. The van der Waals surface area contributed by atoms with Gasteiger partial charge in [0.1, 0.15) is 5.82 Å². The molecule has 0 bridgehead atoms. The van der Waals surface area contributed by atoms with Gasteiger partial charge in [-0.15, -0.1) is 0 Å². The minimum absolute atomic E-state index is 0.0322. The first-order chi connectivity index (χ1) is 10.9. The van der Waals surface area contributed by atoms with Crippen LogP contribution in [0.5, 0.6) is 0 Å². The van der Waals surface area contributed by atoms with Gasteiger partial charge in [0, 0.05) is 30.8 Å². The lowest BCUT2D eigenvalue weighted by atomic mass is 10.0. The van der Waals surface area contributed by atoms with Crippen molar-refractivity contribution in [1.82, 2.24) is 9.78 Å². The summed E-state index contributed by atoms with van der Waals surface area (Å²) in [6, 6.07) is 3.03. The number of carbonyl (C=O) groups excluding carboxylic acids is 1. The largest absolute Gasteiger partial charge is 0.370 e. The van der Waals surface area contributed by atoms with Gasteiger partial charge in [-0.1, -0.05) is 15.9 Å². The number of halogens is 2. The van der Waals surface area contributed by atoms with Crippen LogP contribution < -0.4 is 10.6 Å². The summed E-state index contributed by atoms with van der Waals surface area (Å²) in [5, 5.41) is 4.18. The van der Waals surface area contributed by atoms with E-state index in [0.29, 0.717) is 16.1 Å². The number of anilines is 1. The molecule has 2 heterocycles. The van der Waals surface area contributed by atoms with E-state index in [1.807, 2.05) is 24.3 Å². The maximum Gasteiger partial charge on any atom is 0.253 e. The second-order valence-electron chi connectivity index (χ2n) is 5.97. The van der Waals surface area contributed by atoms with E-state index in [1.165, 1.54) is 11.6 Å². The van der Waals surface area contributed by atoms with E-state index in [9.17, 15) is 9.18 Å². The molecule has 3 rings (SSSR count). The Morgan fingerprint density at radius 2 is 2.30 bits per heavy atom. The van der Waals surface area contributed by atoms with Gasteiger partial charge in [0.25, 0.3) is 5.91 Å². The van der Waals surface area contributed by atoms with Crippen molar-refractivity contribution < 1.29 is 9.18 Å². The first kappa shape index (κ1) is 16.0. The zero-order valence-corrected chi connectivity index (χ0v) is 14.4. The van der Waals surface area contributed by atoms with Crippen LogP contribution >= 0.6 is 15.9 Å². The third-order valence-electron chi connectivity index (χ3n) is 4.19. The van der Waals surface area contributed by atoms with Crippen LogP contribution in [0.4, 0.5) is 10.1 Å². The van der Waals surface area contributed by atoms with Crippen molar-refractivity contribution in [2.75, 3.05) is 18.0 Å². The Hall–Kier alpha value is -1.89. The van der Waals surface area contributed by atoms with Gasteiger partial charge in [0.05, 0.1) is 17.4 Å². The Labute approximate surface area is 142 Å². The SMILES string of the molecule is Cn1cc(CC2CCN(c3cc(Br)cc(F)c3C(N)=O)C2)cn1. The molecule has 2 aromatic rings. The highest BCUT2D eigenvalue weighted by molar-refractivity contribution is 9.10. The quantitative estimate of drug-likeness (QED) is 0.885. The lowest BCUT2D eigenvalue weighted by molar-refractivity contribution is 0.0997. The number of nitrogens with zero attached hydrogens (tertiary/aromatic N) is 3. The number of nitrogens with two attached hydrogens (primary N) is 1. The average Bonchev–Trinajstić information content (AvgIpc) is 3.07. The minimum Gasteiger partial charge on any atom is -0.370 e. The molecule has 0 spiro atoms. The summed E-state index contributed by atoms with van der Waals surface area (Å²) in [5.41, 5.74) is 7.09. The molecule has 1 aromatic heterocycles. The van der Waals surface area contributed by atoms with Gasteiger partial charge in [-0.25, -0.2) is 4.39 Å². The van der Waals surface area contributed by atoms with E-state index in [0.717, 1.165) is 25.9 Å². The van der Waals surface area contributed by atoms with Crippen molar-refractivity contribution >= 4 is 27.5 Å². The van der Waals surface area contributed by atoms with Gasteiger partial charge in [0.15, 0.2) is 0 Å². The lowest BCUT2D eigenvalue weighted by Gasteiger charge is -2.22. The van der Waals surface area contributed by atoms with Crippen LogP contribution in [0.15, 0.2) is 29.0 Å². The smallest absolute Gasteiger partial charge is 0.253 e. The Balaban J connectivity index is 1.80. The van der Waals surface area contributed by atoms with Crippen molar-refractivity contribution in [2.24, 2.45) is 18.7 Å². The summed E-state index contributed by atoms with van der Waals surface area (Å²) in [6.07, 6.45) is 5.79. The molecule has 1 aliphatic rings. The van der Waals surface area contributed by atoms with Gasteiger partial charge in [-0.2, -0.15) is 5.10 Å². The number of benzene rings is 1. The number of rotatable bonds is 4. The maximum atomic E-state index is 14.1. The molecule has 1 aromatic carbocycles. The molecule has 1 aliphatic heterocycles. The highest BCUT2D eigenvalue weighted by atomic mass is 79.9. The fourth-order valence-electron chi connectivity index (χ4n) is 3.18. The van der Waals surface area contributed by atoms with Crippen molar-refractivity contribution in [3.8, 4) is 0 Å². The number of hydrogen-bond donors (Lipinski definition) is 1. The third kappa shape index (κ3) is 3.39. The minimum atomic E-state index is -0.735. The summed E-state index contributed by atoms with van der Waals surface area (Å²) in [4.78, 5) is 13.7. The van der Waals surface area contributed by atoms with Crippen LogP contribution in [0.25, 0.3) is 0 Å². The predicted molar refractivity (Wildman–Crippen MR) is 89.8 cm³/mol. The molecule has 0 saturated carbocycles. The molecular weight excluding hydrogens is 363 g/mol. The van der Waals surface area contributed by atoms with Gasteiger partial charge < -0.3 is 10.6 Å².